The minimum atomic E-state index is -0.0874. The molecule has 0 aromatic heterocycles. The molecule has 0 heterocycles. The van der Waals surface area contributed by atoms with Crippen LogP contribution in [-0.2, 0) is 0 Å². The molecule has 0 nitrogen and oxygen atoms in total. The summed E-state index contributed by atoms with van der Waals surface area (Å²) in [5.74, 6) is 0. The summed E-state index contributed by atoms with van der Waals surface area (Å²) < 4.78 is -0.0874. The zero-order valence-corrected chi connectivity index (χ0v) is 10.6. The van der Waals surface area contributed by atoms with E-state index in [-0.39, 0.29) is 2.14 Å². The second kappa shape index (κ2) is 3.94. The molecule has 0 bridgehead atoms. The summed E-state index contributed by atoms with van der Waals surface area (Å²) in [7, 11) is 0. The van der Waals surface area contributed by atoms with E-state index in [9.17, 15) is 0 Å². The van der Waals surface area contributed by atoms with Gasteiger partial charge in [-0.15, -0.1) is 0 Å². The van der Waals surface area contributed by atoms with Crippen molar-refractivity contribution in [2.24, 2.45) is 0 Å². The number of halogens is 4. The van der Waals surface area contributed by atoms with Crippen LogP contribution in [-0.4, -0.2) is 6.97 Å². The Balaban J connectivity index is 3.39. The van der Waals surface area contributed by atoms with Crippen molar-refractivity contribution in [3.63, 3.8) is 0 Å². The van der Waals surface area contributed by atoms with Crippen LogP contribution in [0.5, 0.6) is 0 Å². The van der Waals surface area contributed by atoms with Gasteiger partial charge in [0.15, 0.2) is 0 Å². The van der Waals surface area contributed by atoms with Crippen molar-refractivity contribution in [2.45, 2.75) is 20.3 Å². The van der Waals surface area contributed by atoms with Crippen LogP contribution in [0.1, 0.15) is 13.3 Å². The molecular weight excluding hydrogens is 368 g/mol. The van der Waals surface area contributed by atoms with Crippen LogP contribution >= 0.6 is 63.7 Å². The second-order valence-corrected chi connectivity index (χ2v) is 10.4. The summed E-state index contributed by atoms with van der Waals surface area (Å²) in [6, 6.07) is 0. The monoisotopic (exact) mass is 370 g/mol. The summed E-state index contributed by atoms with van der Waals surface area (Å²) in [5.41, 5.74) is 0. The molecule has 8 heavy (non-hydrogen) atoms. The highest BCUT2D eigenvalue weighted by molar-refractivity contribution is 9.39. The van der Waals surface area contributed by atoms with Crippen LogP contribution < -0.4 is 0 Å². The van der Waals surface area contributed by atoms with Crippen LogP contribution in [0.3, 0.4) is 0 Å². The molecule has 0 aromatic rings. The minimum Gasteiger partial charge on any atom is -0.0892 e. The molecule has 1 unspecified atom stereocenters. The van der Waals surface area contributed by atoms with E-state index in [4.69, 9.17) is 0 Å². The van der Waals surface area contributed by atoms with Gasteiger partial charge in [0.1, 0.15) is 2.14 Å². The third-order valence-electron chi connectivity index (χ3n) is 0.513. The first-order chi connectivity index (χ1) is 3.42. The predicted octanol–water partition coefficient (Wildman–Crippen LogP) is 4.00. The first-order valence-electron chi connectivity index (χ1n) is 2.12. The Morgan fingerprint density at radius 1 is 1.38 bits per heavy atom. The van der Waals surface area contributed by atoms with Gasteiger partial charge in [-0.25, -0.2) is 0 Å². The van der Waals surface area contributed by atoms with Crippen molar-refractivity contribution in [3.05, 3.63) is 0 Å². The van der Waals surface area contributed by atoms with E-state index in [1.165, 1.54) is 0 Å². The second-order valence-electron chi connectivity index (χ2n) is 1.60. The van der Waals surface area contributed by atoms with Crippen LogP contribution in [0.25, 0.3) is 0 Å². The molecule has 0 saturated heterocycles. The lowest BCUT2D eigenvalue weighted by molar-refractivity contribution is 0.898. The largest absolute Gasteiger partial charge is 0.136 e. The zero-order chi connectivity index (χ0) is 6.78. The van der Waals surface area contributed by atoms with E-state index >= 15 is 0 Å². The van der Waals surface area contributed by atoms with Crippen molar-refractivity contribution < 1.29 is 0 Å². The van der Waals surface area contributed by atoms with E-state index in [1.54, 1.807) is 0 Å². The topological polar surface area (TPSA) is 0 Å². The van der Waals surface area contributed by atoms with E-state index in [0.717, 1.165) is 6.42 Å². The smallest absolute Gasteiger partial charge is 0.0892 e. The van der Waals surface area contributed by atoms with Crippen LogP contribution in [0.2, 0.25) is 0 Å². The van der Waals surface area contributed by atoms with Gasteiger partial charge >= 0.3 is 0 Å². The van der Waals surface area contributed by atoms with Crippen molar-refractivity contribution in [3.8, 4) is 0 Å². The molecule has 1 atom stereocenters. The Morgan fingerprint density at radius 2 is 1.75 bits per heavy atom. The van der Waals surface area contributed by atoms with Gasteiger partial charge in [0.2, 0.25) is 0 Å². The Kier molecular flexibility index (Phi) is 4.88. The van der Waals surface area contributed by atoms with Gasteiger partial charge in [-0.1, -0.05) is 70.6 Å². The molecule has 0 rings (SSSR count). The molecule has 0 aromatic carbocycles. The maximum Gasteiger partial charge on any atom is 0.136 e. The standard InChI is InChI=1S/C4H6Br4/c1-3(5)2-4(6,7)8/h3H,2H2,1H3. The van der Waals surface area contributed by atoms with E-state index in [2.05, 4.69) is 70.6 Å². The van der Waals surface area contributed by atoms with Gasteiger partial charge in [0.25, 0.3) is 0 Å². The minimum absolute atomic E-state index is 0.0874. The average molecular weight is 374 g/mol. The van der Waals surface area contributed by atoms with Gasteiger partial charge in [0.05, 0.1) is 0 Å². The molecule has 0 saturated carbocycles. The summed E-state index contributed by atoms with van der Waals surface area (Å²) in [6.45, 7) is 2.10. The Bertz CT molecular complexity index is 62.9. The lowest BCUT2D eigenvalue weighted by atomic mass is 10.4. The summed E-state index contributed by atoms with van der Waals surface area (Å²) in [4.78, 5) is 0.514. The first kappa shape index (κ1) is 9.92. The van der Waals surface area contributed by atoms with Crippen LogP contribution in [0.4, 0.5) is 0 Å². The molecule has 0 fully saturated rings. The van der Waals surface area contributed by atoms with Gasteiger partial charge < -0.3 is 0 Å². The maximum atomic E-state index is 3.42. The first-order valence-corrected chi connectivity index (χ1v) is 5.42. The molecule has 50 valence electrons. The van der Waals surface area contributed by atoms with Gasteiger partial charge in [-0.3, -0.25) is 0 Å². The number of alkyl halides is 4. The fourth-order valence-corrected chi connectivity index (χ4v) is 3.56. The van der Waals surface area contributed by atoms with Crippen molar-refractivity contribution in [1.82, 2.24) is 0 Å². The third-order valence-corrected chi connectivity index (χ3v) is 1.81. The third kappa shape index (κ3) is 7.92. The van der Waals surface area contributed by atoms with Gasteiger partial charge in [0, 0.05) is 4.83 Å². The number of rotatable bonds is 1. The number of hydrogen-bond donors (Lipinski definition) is 0. The quantitative estimate of drug-likeness (QED) is 0.610. The number of hydrogen-bond acceptors (Lipinski definition) is 0. The highest BCUT2D eigenvalue weighted by atomic mass is 80.0. The van der Waals surface area contributed by atoms with E-state index < -0.39 is 0 Å². The van der Waals surface area contributed by atoms with Crippen molar-refractivity contribution in [1.29, 1.82) is 0 Å². The molecule has 0 spiro atoms. The molecule has 4 heteroatoms. The SMILES string of the molecule is CC(Br)CC(Br)(Br)Br. The highest BCUT2D eigenvalue weighted by Crippen LogP contribution is 2.39. The van der Waals surface area contributed by atoms with E-state index in [0.29, 0.717) is 4.83 Å². The molecular formula is C4H6Br4. The van der Waals surface area contributed by atoms with Crippen LogP contribution in [0, 0.1) is 0 Å². The van der Waals surface area contributed by atoms with Gasteiger partial charge in [-0.2, -0.15) is 0 Å². The summed E-state index contributed by atoms with van der Waals surface area (Å²) in [5, 5.41) is 0. The molecule has 0 aliphatic rings. The molecule has 0 N–H and O–H groups in total. The Morgan fingerprint density at radius 3 is 1.75 bits per heavy atom. The van der Waals surface area contributed by atoms with E-state index in [1.807, 2.05) is 0 Å². The maximum absolute atomic E-state index is 3.42. The molecule has 0 amide bonds. The predicted molar refractivity (Wildman–Crippen MR) is 52.5 cm³/mol. The average Bonchev–Trinajstić information content (AvgIpc) is 1.21. The zero-order valence-electron chi connectivity index (χ0n) is 4.30. The molecule has 0 aliphatic heterocycles. The fourth-order valence-electron chi connectivity index (χ4n) is 0.319. The van der Waals surface area contributed by atoms with Crippen LogP contribution in [0.15, 0.2) is 0 Å². The lowest BCUT2D eigenvalue weighted by Crippen LogP contribution is -2.05. The molecule has 0 radical (unpaired) electrons. The van der Waals surface area contributed by atoms with Crippen molar-refractivity contribution in [2.75, 3.05) is 0 Å². The Labute approximate surface area is 83.3 Å². The summed E-state index contributed by atoms with van der Waals surface area (Å²) >= 11 is 13.6. The highest BCUT2D eigenvalue weighted by Gasteiger charge is 2.19. The lowest BCUT2D eigenvalue weighted by Gasteiger charge is -2.12. The fraction of sp³-hybridized carbons (Fsp3) is 1.00. The van der Waals surface area contributed by atoms with Gasteiger partial charge in [-0.05, 0) is 6.42 Å². The normalized spacial score (nSPS) is 16.1. The Hall–Kier alpha value is 1.92. The van der Waals surface area contributed by atoms with Crippen molar-refractivity contribution >= 4 is 63.7 Å². The molecule has 0 aliphatic carbocycles. The summed E-state index contributed by atoms with van der Waals surface area (Å²) in [6.07, 6.45) is 0.993.